The Labute approximate surface area is 124 Å². The number of nitrogens with one attached hydrogen (secondary N) is 2. The van der Waals surface area contributed by atoms with Crippen molar-refractivity contribution >= 4 is 10.2 Å². The molecule has 0 aromatic carbocycles. The summed E-state index contributed by atoms with van der Waals surface area (Å²) in [5, 5.41) is 3.21. The van der Waals surface area contributed by atoms with Crippen molar-refractivity contribution in [3.8, 4) is 0 Å². The molecule has 1 aliphatic rings. The molecule has 0 aromatic heterocycles. The monoisotopic (exact) mass is 305 g/mol. The summed E-state index contributed by atoms with van der Waals surface area (Å²) in [6.45, 7) is 7.14. The predicted octanol–water partition coefficient (Wildman–Crippen LogP) is 1.72. The van der Waals surface area contributed by atoms with Crippen molar-refractivity contribution in [3.63, 3.8) is 0 Å². The zero-order chi connectivity index (χ0) is 15.1. The van der Waals surface area contributed by atoms with Gasteiger partial charge in [-0.05, 0) is 44.2 Å². The Morgan fingerprint density at radius 1 is 1.20 bits per heavy atom. The Kier molecular flexibility index (Phi) is 7.43. The molecule has 0 aliphatic heterocycles. The standard InChI is InChI=1S/C14H31N3O2S/c1-4-14(9-6-7-10-14)13-16-20(18,19)17(3)12-8-11-15-5-2/h15-16H,4-13H2,1-3H3. The zero-order valence-electron chi connectivity index (χ0n) is 13.2. The third kappa shape index (κ3) is 5.31. The molecule has 5 nitrogen and oxygen atoms in total. The number of rotatable bonds is 10. The molecule has 0 saturated heterocycles. The molecule has 120 valence electrons. The van der Waals surface area contributed by atoms with Crippen molar-refractivity contribution < 1.29 is 8.42 Å². The Morgan fingerprint density at radius 2 is 1.85 bits per heavy atom. The largest absolute Gasteiger partial charge is 0.317 e. The highest BCUT2D eigenvalue weighted by Crippen LogP contribution is 2.40. The fourth-order valence-corrected chi connectivity index (χ4v) is 3.94. The van der Waals surface area contributed by atoms with Crippen LogP contribution in [0.5, 0.6) is 0 Å². The second-order valence-corrected chi connectivity index (χ2v) is 7.78. The first kappa shape index (κ1) is 17.9. The Bertz CT molecular complexity index is 365. The summed E-state index contributed by atoms with van der Waals surface area (Å²) in [7, 11) is -1.67. The van der Waals surface area contributed by atoms with Gasteiger partial charge in [0, 0.05) is 20.1 Å². The maximum atomic E-state index is 12.2. The van der Waals surface area contributed by atoms with Crippen LogP contribution in [-0.2, 0) is 10.2 Å². The van der Waals surface area contributed by atoms with Crippen LogP contribution >= 0.6 is 0 Å². The van der Waals surface area contributed by atoms with Gasteiger partial charge < -0.3 is 5.32 Å². The fourth-order valence-electron chi connectivity index (χ4n) is 2.86. The van der Waals surface area contributed by atoms with E-state index in [9.17, 15) is 8.42 Å². The van der Waals surface area contributed by atoms with E-state index in [1.54, 1.807) is 7.05 Å². The smallest absolute Gasteiger partial charge is 0.279 e. The maximum Gasteiger partial charge on any atom is 0.279 e. The number of hydrogen-bond donors (Lipinski definition) is 2. The molecule has 1 rings (SSSR count). The molecule has 0 bridgehead atoms. The van der Waals surface area contributed by atoms with Gasteiger partial charge in [0.1, 0.15) is 0 Å². The van der Waals surface area contributed by atoms with E-state index in [-0.39, 0.29) is 5.41 Å². The molecule has 2 N–H and O–H groups in total. The van der Waals surface area contributed by atoms with Crippen molar-refractivity contribution in [1.82, 2.24) is 14.3 Å². The van der Waals surface area contributed by atoms with Crippen molar-refractivity contribution in [2.45, 2.75) is 52.4 Å². The molecule has 1 aliphatic carbocycles. The van der Waals surface area contributed by atoms with Gasteiger partial charge in [-0.25, -0.2) is 4.72 Å². The molecule has 0 amide bonds. The zero-order valence-corrected chi connectivity index (χ0v) is 14.1. The van der Waals surface area contributed by atoms with Gasteiger partial charge in [0.15, 0.2) is 0 Å². The number of hydrogen-bond acceptors (Lipinski definition) is 3. The minimum Gasteiger partial charge on any atom is -0.317 e. The molecule has 1 saturated carbocycles. The Hall–Kier alpha value is -0.170. The topological polar surface area (TPSA) is 61.4 Å². The number of nitrogens with zero attached hydrogens (tertiary/aromatic N) is 1. The molecule has 0 unspecified atom stereocenters. The van der Waals surface area contributed by atoms with Gasteiger partial charge in [-0.3, -0.25) is 0 Å². The lowest BCUT2D eigenvalue weighted by atomic mass is 9.84. The molecule has 0 spiro atoms. The van der Waals surface area contributed by atoms with E-state index in [1.165, 1.54) is 17.1 Å². The first-order valence-corrected chi connectivity index (χ1v) is 9.31. The first-order valence-electron chi connectivity index (χ1n) is 7.87. The van der Waals surface area contributed by atoms with Crippen LogP contribution in [0.25, 0.3) is 0 Å². The fraction of sp³-hybridized carbons (Fsp3) is 1.00. The summed E-state index contributed by atoms with van der Waals surface area (Å²) < 4.78 is 28.7. The van der Waals surface area contributed by atoms with Gasteiger partial charge in [-0.15, -0.1) is 0 Å². The highest BCUT2D eigenvalue weighted by molar-refractivity contribution is 7.87. The molecule has 0 atom stereocenters. The minimum atomic E-state index is -3.33. The van der Waals surface area contributed by atoms with Crippen LogP contribution in [0.1, 0.15) is 52.4 Å². The lowest BCUT2D eigenvalue weighted by molar-refractivity contribution is 0.282. The van der Waals surface area contributed by atoms with Gasteiger partial charge in [0.2, 0.25) is 0 Å². The average molecular weight is 305 g/mol. The predicted molar refractivity (Wildman–Crippen MR) is 83.9 cm³/mol. The third-order valence-electron chi connectivity index (χ3n) is 4.53. The van der Waals surface area contributed by atoms with E-state index in [4.69, 9.17) is 0 Å². The van der Waals surface area contributed by atoms with E-state index in [0.29, 0.717) is 13.1 Å². The van der Waals surface area contributed by atoms with E-state index in [0.717, 1.165) is 38.8 Å². The van der Waals surface area contributed by atoms with Gasteiger partial charge in [-0.1, -0.05) is 26.7 Å². The highest BCUT2D eigenvalue weighted by Gasteiger charge is 2.33. The Morgan fingerprint density at radius 3 is 2.40 bits per heavy atom. The molecule has 0 heterocycles. The third-order valence-corrected chi connectivity index (χ3v) is 6.04. The quantitative estimate of drug-likeness (QED) is 0.604. The van der Waals surface area contributed by atoms with E-state index in [2.05, 4.69) is 17.0 Å². The van der Waals surface area contributed by atoms with Crippen LogP contribution in [0.2, 0.25) is 0 Å². The maximum absolute atomic E-state index is 12.2. The lowest BCUT2D eigenvalue weighted by Gasteiger charge is -2.29. The van der Waals surface area contributed by atoms with Crippen LogP contribution in [-0.4, -0.2) is 45.9 Å². The van der Waals surface area contributed by atoms with Crippen LogP contribution in [0, 0.1) is 5.41 Å². The van der Waals surface area contributed by atoms with Crippen LogP contribution in [0.3, 0.4) is 0 Å². The minimum absolute atomic E-state index is 0.192. The SMILES string of the molecule is CCNCCCN(C)S(=O)(=O)NCC1(CC)CCCC1. The summed E-state index contributed by atoms with van der Waals surface area (Å²) in [4.78, 5) is 0. The molecule has 20 heavy (non-hydrogen) atoms. The average Bonchev–Trinajstić information content (AvgIpc) is 2.91. The first-order chi connectivity index (χ1) is 9.46. The van der Waals surface area contributed by atoms with Crippen molar-refractivity contribution in [1.29, 1.82) is 0 Å². The molecule has 1 fully saturated rings. The van der Waals surface area contributed by atoms with Gasteiger partial charge in [0.05, 0.1) is 0 Å². The molecular weight excluding hydrogens is 274 g/mol. The summed E-state index contributed by atoms with van der Waals surface area (Å²) >= 11 is 0. The van der Waals surface area contributed by atoms with Crippen molar-refractivity contribution in [3.05, 3.63) is 0 Å². The summed E-state index contributed by atoms with van der Waals surface area (Å²) in [5.74, 6) is 0. The van der Waals surface area contributed by atoms with Crippen molar-refractivity contribution in [2.75, 3.05) is 33.2 Å². The van der Waals surface area contributed by atoms with Crippen LogP contribution < -0.4 is 10.0 Å². The van der Waals surface area contributed by atoms with Gasteiger partial charge in [-0.2, -0.15) is 12.7 Å². The van der Waals surface area contributed by atoms with E-state index in [1.807, 2.05) is 6.92 Å². The molecule has 0 aromatic rings. The van der Waals surface area contributed by atoms with Crippen molar-refractivity contribution in [2.24, 2.45) is 5.41 Å². The molecule has 0 radical (unpaired) electrons. The normalized spacial score (nSPS) is 18.8. The molecule has 6 heteroatoms. The second-order valence-electron chi connectivity index (χ2n) is 5.92. The van der Waals surface area contributed by atoms with Gasteiger partial charge in [0.25, 0.3) is 10.2 Å². The van der Waals surface area contributed by atoms with Crippen LogP contribution in [0.4, 0.5) is 0 Å². The second kappa shape index (κ2) is 8.32. The van der Waals surface area contributed by atoms with Crippen LogP contribution in [0.15, 0.2) is 0 Å². The Balaban J connectivity index is 2.39. The summed E-state index contributed by atoms with van der Waals surface area (Å²) in [6.07, 6.45) is 6.65. The highest BCUT2D eigenvalue weighted by atomic mass is 32.2. The van der Waals surface area contributed by atoms with E-state index < -0.39 is 10.2 Å². The summed E-state index contributed by atoms with van der Waals surface area (Å²) in [5.41, 5.74) is 0.192. The van der Waals surface area contributed by atoms with Gasteiger partial charge >= 0.3 is 0 Å². The molecular formula is C14H31N3O2S. The van der Waals surface area contributed by atoms with E-state index >= 15 is 0 Å². The lowest BCUT2D eigenvalue weighted by Crippen LogP contribution is -2.43. The summed E-state index contributed by atoms with van der Waals surface area (Å²) in [6, 6.07) is 0.